The summed E-state index contributed by atoms with van der Waals surface area (Å²) in [5.41, 5.74) is 3.63. The van der Waals surface area contributed by atoms with E-state index in [4.69, 9.17) is 14.6 Å². The number of thioether (sulfide) groups is 1. The van der Waals surface area contributed by atoms with Gasteiger partial charge in [0.2, 0.25) is 5.91 Å². The van der Waals surface area contributed by atoms with Crippen LogP contribution in [0.2, 0.25) is 0 Å². The number of methoxy groups -OCH3 is 2. The Morgan fingerprint density at radius 3 is 2.47 bits per heavy atom. The summed E-state index contributed by atoms with van der Waals surface area (Å²) in [6, 6.07) is 13.5. The Bertz CT molecular complexity index is 1020. The fourth-order valence-electron chi connectivity index (χ4n) is 3.68. The molecule has 8 heteroatoms. The van der Waals surface area contributed by atoms with Crippen LogP contribution in [0.3, 0.4) is 0 Å². The number of nitrogens with one attached hydrogen (secondary N) is 1. The second kappa shape index (κ2) is 12.5. The zero-order valence-electron chi connectivity index (χ0n) is 20.3. The van der Waals surface area contributed by atoms with Crippen LogP contribution < -0.4 is 14.8 Å². The number of benzene rings is 2. The highest BCUT2D eigenvalue weighted by Gasteiger charge is 2.30. The number of nitrogens with zero attached hydrogens (tertiary/aromatic N) is 2. The number of carbonyl (C=O) groups is 2. The van der Waals surface area contributed by atoms with Crippen molar-refractivity contribution in [3.63, 3.8) is 0 Å². The highest BCUT2D eigenvalue weighted by molar-refractivity contribution is 8.14. The van der Waals surface area contributed by atoms with E-state index in [9.17, 15) is 9.59 Å². The van der Waals surface area contributed by atoms with Crippen LogP contribution >= 0.6 is 11.8 Å². The number of hydrogen-bond donors (Lipinski definition) is 1. The van der Waals surface area contributed by atoms with Crippen LogP contribution in [0, 0.1) is 0 Å². The topological polar surface area (TPSA) is 80.2 Å². The molecule has 2 aromatic rings. The fraction of sp³-hybridized carbons (Fsp3) is 0.423. The minimum absolute atomic E-state index is 0.0162. The summed E-state index contributed by atoms with van der Waals surface area (Å²) in [4.78, 5) is 24.6. The molecule has 1 aliphatic rings. The Morgan fingerprint density at radius 2 is 1.82 bits per heavy atom. The molecule has 182 valence electrons. The van der Waals surface area contributed by atoms with Crippen molar-refractivity contribution in [2.45, 2.75) is 51.2 Å². The van der Waals surface area contributed by atoms with Crippen molar-refractivity contribution in [1.29, 1.82) is 0 Å². The van der Waals surface area contributed by atoms with E-state index in [1.165, 1.54) is 11.8 Å². The van der Waals surface area contributed by atoms with Gasteiger partial charge in [0.05, 0.1) is 25.2 Å². The minimum Gasteiger partial charge on any atom is -0.493 e. The van der Waals surface area contributed by atoms with E-state index in [2.05, 4.69) is 19.2 Å². The lowest BCUT2D eigenvalue weighted by molar-refractivity contribution is -0.116. The van der Waals surface area contributed by atoms with Crippen LogP contribution in [0.4, 0.5) is 10.5 Å². The van der Waals surface area contributed by atoms with Gasteiger partial charge in [0.25, 0.3) is 0 Å². The largest absolute Gasteiger partial charge is 0.493 e. The van der Waals surface area contributed by atoms with E-state index >= 15 is 0 Å². The van der Waals surface area contributed by atoms with Gasteiger partial charge in [0.1, 0.15) is 0 Å². The Morgan fingerprint density at radius 1 is 1.09 bits per heavy atom. The van der Waals surface area contributed by atoms with Gasteiger partial charge in [0, 0.05) is 24.2 Å². The van der Waals surface area contributed by atoms with E-state index in [0.717, 1.165) is 41.8 Å². The van der Waals surface area contributed by atoms with Crippen molar-refractivity contribution in [2.24, 2.45) is 5.10 Å². The van der Waals surface area contributed by atoms with Gasteiger partial charge in [0.15, 0.2) is 11.5 Å². The second-order valence-electron chi connectivity index (χ2n) is 8.06. The first-order valence-corrected chi connectivity index (χ1v) is 12.5. The van der Waals surface area contributed by atoms with E-state index in [1.54, 1.807) is 19.2 Å². The zero-order valence-corrected chi connectivity index (χ0v) is 21.1. The van der Waals surface area contributed by atoms with Crippen molar-refractivity contribution >= 4 is 34.3 Å². The molecule has 1 N–H and O–H groups in total. The Hall–Kier alpha value is -3.00. The summed E-state index contributed by atoms with van der Waals surface area (Å²) in [5, 5.41) is 9.15. The first-order valence-electron chi connectivity index (χ1n) is 11.7. The molecule has 0 saturated heterocycles. The number of hydrogen-bond acceptors (Lipinski definition) is 6. The number of anilines is 1. The predicted molar refractivity (Wildman–Crippen MR) is 138 cm³/mol. The minimum atomic E-state index is -0.0455. The van der Waals surface area contributed by atoms with Gasteiger partial charge >= 0.3 is 5.24 Å². The molecule has 3 rings (SSSR count). The second-order valence-corrected chi connectivity index (χ2v) is 9.21. The monoisotopic (exact) mass is 483 g/mol. The van der Waals surface area contributed by atoms with E-state index in [0.29, 0.717) is 30.9 Å². The first kappa shape index (κ1) is 25.6. The Kier molecular flexibility index (Phi) is 9.39. The lowest BCUT2D eigenvalue weighted by Gasteiger charge is -2.28. The third-order valence-electron chi connectivity index (χ3n) is 5.64. The van der Waals surface area contributed by atoms with Gasteiger partial charge in [-0.1, -0.05) is 44.2 Å². The lowest BCUT2D eigenvalue weighted by Crippen LogP contribution is -2.36. The molecule has 2 amide bonds. The molecule has 0 saturated carbocycles. The summed E-state index contributed by atoms with van der Waals surface area (Å²) in [6.07, 6.45) is 3.87. The fourth-order valence-corrected chi connectivity index (χ4v) is 4.64. The standard InChI is InChI=1S/C26H33N3O4S/c1-5-7-8-24(30)27-20-12-9-18(10-13-20)15-16-29-26(31)34-23(6-2)25(28-29)19-11-14-21(32-3)22(17-19)33-4/h9-14,17,23H,5-8,15-16H2,1-4H3,(H,27,30). The van der Waals surface area contributed by atoms with Crippen molar-refractivity contribution < 1.29 is 19.1 Å². The predicted octanol–water partition coefficient (Wildman–Crippen LogP) is 5.73. The maximum atomic E-state index is 12.7. The molecule has 1 atom stereocenters. The Labute approximate surface area is 205 Å². The Balaban J connectivity index is 1.70. The normalized spacial score (nSPS) is 15.6. The number of ether oxygens (including phenoxy) is 2. The van der Waals surface area contributed by atoms with Crippen LogP contribution in [0.5, 0.6) is 11.5 Å². The zero-order chi connectivity index (χ0) is 24.5. The number of carbonyl (C=O) groups excluding carboxylic acids is 2. The SMILES string of the molecule is CCCCC(=O)Nc1ccc(CCN2N=C(c3ccc(OC)c(OC)c3)C(CC)SC2=O)cc1. The van der Waals surface area contributed by atoms with Gasteiger partial charge in [-0.25, -0.2) is 5.01 Å². The molecule has 1 aliphatic heterocycles. The molecule has 0 aromatic heterocycles. The molecule has 0 radical (unpaired) electrons. The van der Waals surface area contributed by atoms with Gasteiger partial charge in [-0.15, -0.1) is 0 Å². The number of rotatable bonds is 11. The summed E-state index contributed by atoms with van der Waals surface area (Å²) in [5.74, 6) is 1.32. The van der Waals surface area contributed by atoms with Gasteiger partial charge in [-0.3, -0.25) is 9.59 Å². The highest BCUT2D eigenvalue weighted by atomic mass is 32.2. The van der Waals surface area contributed by atoms with Gasteiger partial charge in [-0.2, -0.15) is 5.10 Å². The summed E-state index contributed by atoms with van der Waals surface area (Å²) < 4.78 is 10.8. The summed E-state index contributed by atoms with van der Waals surface area (Å²) in [7, 11) is 3.21. The maximum Gasteiger partial charge on any atom is 0.302 e. The molecule has 0 aliphatic carbocycles. The van der Waals surface area contributed by atoms with Gasteiger partial charge in [-0.05, 0) is 55.2 Å². The average Bonchev–Trinajstić information content (AvgIpc) is 2.86. The van der Waals surface area contributed by atoms with Crippen LogP contribution in [-0.2, 0) is 11.2 Å². The highest BCUT2D eigenvalue weighted by Crippen LogP contribution is 2.33. The van der Waals surface area contributed by atoms with Crippen LogP contribution in [-0.4, -0.2) is 47.9 Å². The number of unbranched alkanes of at least 4 members (excludes halogenated alkanes) is 1. The molecule has 34 heavy (non-hydrogen) atoms. The van der Waals surface area contributed by atoms with E-state index < -0.39 is 0 Å². The molecule has 0 fully saturated rings. The van der Waals surface area contributed by atoms with Crippen LogP contribution in [0.25, 0.3) is 0 Å². The maximum absolute atomic E-state index is 12.7. The third-order valence-corrected chi connectivity index (χ3v) is 6.90. The third kappa shape index (κ3) is 6.53. The smallest absolute Gasteiger partial charge is 0.302 e. The average molecular weight is 484 g/mol. The molecule has 2 aromatic carbocycles. The molecule has 0 bridgehead atoms. The van der Waals surface area contributed by atoms with Crippen molar-refractivity contribution in [2.75, 3.05) is 26.1 Å². The number of amides is 2. The van der Waals surface area contributed by atoms with Crippen LogP contribution in [0.1, 0.15) is 50.7 Å². The quantitative estimate of drug-likeness (QED) is 0.442. The summed E-state index contributed by atoms with van der Waals surface area (Å²) in [6.45, 7) is 4.59. The van der Waals surface area contributed by atoms with E-state index in [-0.39, 0.29) is 16.4 Å². The summed E-state index contributed by atoms with van der Waals surface area (Å²) >= 11 is 1.31. The molecule has 0 spiro atoms. The van der Waals surface area contributed by atoms with Crippen molar-refractivity contribution in [3.8, 4) is 11.5 Å². The molecule has 7 nitrogen and oxygen atoms in total. The van der Waals surface area contributed by atoms with Gasteiger partial charge < -0.3 is 14.8 Å². The molecule has 1 unspecified atom stereocenters. The number of hydrazone groups is 1. The molecular weight excluding hydrogens is 450 g/mol. The van der Waals surface area contributed by atoms with Crippen molar-refractivity contribution in [3.05, 3.63) is 53.6 Å². The first-order chi connectivity index (χ1) is 16.5. The van der Waals surface area contributed by atoms with Crippen molar-refractivity contribution in [1.82, 2.24) is 5.01 Å². The van der Waals surface area contributed by atoms with Crippen LogP contribution in [0.15, 0.2) is 47.6 Å². The van der Waals surface area contributed by atoms with E-state index in [1.807, 2.05) is 42.5 Å². The molecular formula is C26H33N3O4S. The lowest BCUT2D eigenvalue weighted by atomic mass is 10.0. The molecule has 1 heterocycles.